The van der Waals surface area contributed by atoms with E-state index in [0.717, 1.165) is 24.0 Å². The number of halogens is 3. The summed E-state index contributed by atoms with van der Waals surface area (Å²) < 4.78 is 48.4. The molecule has 2 N–H and O–H groups in total. The average molecular weight is 317 g/mol. The van der Waals surface area contributed by atoms with E-state index in [1.165, 1.54) is 12.1 Å². The molecule has 1 heterocycles. The van der Waals surface area contributed by atoms with E-state index in [0.29, 0.717) is 17.8 Å². The monoisotopic (exact) mass is 317 g/mol. The fourth-order valence-corrected chi connectivity index (χ4v) is 2.30. The minimum Gasteiger partial charge on any atom is -0.429 e. The van der Waals surface area contributed by atoms with Crippen LogP contribution in [-0.4, -0.2) is 9.36 Å². The van der Waals surface area contributed by atoms with E-state index in [1.807, 2.05) is 6.92 Å². The van der Waals surface area contributed by atoms with Gasteiger partial charge in [-0.2, -0.15) is 22.5 Å². The summed E-state index contributed by atoms with van der Waals surface area (Å²) in [5, 5.41) is 0.101. The largest absolute Gasteiger partial charge is 0.429 e. The molecular formula is C13H14F3N3OS. The Labute approximate surface area is 123 Å². The highest BCUT2D eigenvalue weighted by Crippen LogP contribution is 2.39. The Morgan fingerprint density at radius 1 is 1.33 bits per heavy atom. The maximum absolute atomic E-state index is 13.0. The first-order valence-corrected chi connectivity index (χ1v) is 7.12. The summed E-state index contributed by atoms with van der Waals surface area (Å²) >= 11 is 0.938. The highest BCUT2D eigenvalue weighted by molar-refractivity contribution is 7.07. The first-order chi connectivity index (χ1) is 9.94. The molecule has 0 aliphatic carbocycles. The SMILES string of the molecule is CCCc1nsc(Oc2ccc(CN)cc2C(F)(F)F)n1. The van der Waals surface area contributed by atoms with Gasteiger partial charge < -0.3 is 10.5 Å². The van der Waals surface area contributed by atoms with E-state index in [9.17, 15) is 13.2 Å². The van der Waals surface area contributed by atoms with Crippen LogP contribution in [0.5, 0.6) is 10.9 Å². The normalized spacial score (nSPS) is 11.7. The minimum atomic E-state index is -4.52. The summed E-state index contributed by atoms with van der Waals surface area (Å²) in [5.41, 5.74) is 4.90. The molecule has 0 fully saturated rings. The second-order valence-electron chi connectivity index (χ2n) is 4.36. The molecule has 0 saturated heterocycles. The van der Waals surface area contributed by atoms with Gasteiger partial charge in [0, 0.05) is 24.5 Å². The van der Waals surface area contributed by atoms with Crippen molar-refractivity contribution >= 4 is 11.5 Å². The molecule has 1 aromatic heterocycles. The van der Waals surface area contributed by atoms with Crippen LogP contribution < -0.4 is 10.5 Å². The van der Waals surface area contributed by atoms with Gasteiger partial charge in [-0.15, -0.1) is 0 Å². The predicted octanol–water partition coefficient (Wildman–Crippen LogP) is 3.76. The number of aromatic nitrogens is 2. The molecule has 21 heavy (non-hydrogen) atoms. The van der Waals surface area contributed by atoms with Crippen molar-refractivity contribution in [3.8, 4) is 10.9 Å². The molecule has 0 spiro atoms. The van der Waals surface area contributed by atoms with E-state index >= 15 is 0 Å². The summed E-state index contributed by atoms with van der Waals surface area (Å²) in [6.45, 7) is 2.00. The van der Waals surface area contributed by atoms with Gasteiger partial charge in [-0.3, -0.25) is 0 Å². The third-order valence-electron chi connectivity index (χ3n) is 2.71. The Bertz CT molecular complexity index is 613. The number of nitrogens with zero attached hydrogens (tertiary/aromatic N) is 2. The number of hydrogen-bond acceptors (Lipinski definition) is 5. The van der Waals surface area contributed by atoms with E-state index in [2.05, 4.69) is 9.36 Å². The molecule has 114 valence electrons. The third kappa shape index (κ3) is 3.92. The van der Waals surface area contributed by atoms with Crippen molar-refractivity contribution in [3.05, 3.63) is 35.2 Å². The van der Waals surface area contributed by atoms with Gasteiger partial charge in [0.05, 0.1) is 5.56 Å². The van der Waals surface area contributed by atoms with Crippen LogP contribution in [0.25, 0.3) is 0 Å². The Balaban J connectivity index is 2.29. The fourth-order valence-electron chi connectivity index (χ4n) is 1.71. The quantitative estimate of drug-likeness (QED) is 0.912. The Morgan fingerprint density at radius 3 is 2.71 bits per heavy atom. The van der Waals surface area contributed by atoms with Crippen LogP contribution in [0.3, 0.4) is 0 Å². The second-order valence-corrected chi connectivity index (χ2v) is 5.08. The molecule has 2 aromatic rings. The van der Waals surface area contributed by atoms with E-state index in [1.54, 1.807) is 0 Å². The average Bonchev–Trinajstić information content (AvgIpc) is 2.86. The van der Waals surface area contributed by atoms with E-state index < -0.39 is 11.7 Å². The van der Waals surface area contributed by atoms with Gasteiger partial charge in [0.2, 0.25) is 0 Å². The van der Waals surface area contributed by atoms with Crippen LogP contribution in [0.15, 0.2) is 18.2 Å². The van der Waals surface area contributed by atoms with Crippen molar-refractivity contribution in [2.45, 2.75) is 32.5 Å². The summed E-state index contributed by atoms with van der Waals surface area (Å²) in [7, 11) is 0. The van der Waals surface area contributed by atoms with Crippen molar-refractivity contribution in [3.63, 3.8) is 0 Å². The highest BCUT2D eigenvalue weighted by Gasteiger charge is 2.35. The van der Waals surface area contributed by atoms with Crippen LogP contribution in [0, 0.1) is 0 Å². The molecule has 0 amide bonds. The third-order valence-corrected chi connectivity index (χ3v) is 3.34. The van der Waals surface area contributed by atoms with Crippen molar-refractivity contribution in [2.24, 2.45) is 5.73 Å². The number of hydrogen-bond donors (Lipinski definition) is 1. The van der Waals surface area contributed by atoms with Crippen LogP contribution in [-0.2, 0) is 19.1 Å². The zero-order valence-corrected chi connectivity index (χ0v) is 12.1. The molecule has 0 radical (unpaired) electrons. The number of rotatable bonds is 5. The first kappa shape index (κ1) is 15.7. The smallest absolute Gasteiger partial charge is 0.419 e. The van der Waals surface area contributed by atoms with Crippen LogP contribution >= 0.6 is 11.5 Å². The molecule has 8 heteroatoms. The molecular weight excluding hydrogens is 303 g/mol. The van der Waals surface area contributed by atoms with Gasteiger partial charge in [0.1, 0.15) is 11.6 Å². The molecule has 0 aliphatic heterocycles. The molecule has 0 aliphatic rings. The number of alkyl halides is 3. The zero-order chi connectivity index (χ0) is 15.5. The van der Waals surface area contributed by atoms with Crippen LogP contribution in [0.1, 0.15) is 30.3 Å². The fraction of sp³-hybridized carbons (Fsp3) is 0.385. The van der Waals surface area contributed by atoms with Crippen LogP contribution in [0.2, 0.25) is 0 Å². The molecule has 0 unspecified atom stereocenters. The molecule has 1 aromatic carbocycles. The summed E-state index contributed by atoms with van der Waals surface area (Å²) in [6, 6.07) is 3.74. The van der Waals surface area contributed by atoms with E-state index in [4.69, 9.17) is 10.5 Å². The lowest BCUT2D eigenvalue weighted by atomic mass is 10.1. The predicted molar refractivity (Wildman–Crippen MR) is 73.3 cm³/mol. The maximum Gasteiger partial charge on any atom is 0.419 e. The summed E-state index contributed by atoms with van der Waals surface area (Å²) in [4.78, 5) is 4.05. The maximum atomic E-state index is 13.0. The van der Waals surface area contributed by atoms with Gasteiger partial charge in [-0.05, 0) is 24.1 Å². The number of aryl methyl sites for hydroxylation is 1. The first-order valence-electron chi connectivity index (χ1n) is 6.34. The van der Waals surface area contributed by atoms with Gasteiger partial charge in [-0.25, -0.2) is 0 Å². The number of nitrogens with two attached hydrogens (primary N) is 1. The Morgan fingerprint density at radius 2 is 2.10 bits per heavy atom. The molecule has 0 atom stereocenters. The number of ether oxygens (including phenoxy) is 1. The summed E-state index contributed by atoms with van der Waals surface area (Å²) in [5.74, 6) is 0.281. The zero-order valence-electron chi connectivity index (χ0n) is 11.3. The summed E-state index contributed by atoms with van der Waals surface area (Å²) in [6.07, 6.45) is -3.00. The van der Waals surface area contributed by atoms with Gasteiger partial charge >= 0.3 is 6.18 Å². The minimum absolute atomic E-state index is 0.0306. The number of benzene rings is 1. The van der Waals surface area contributed by atoms with E-state index in [-0.39, 0.29) is 17.5 Å². The topological polar surface area (TPSA) is 61.0 Å². The van der Waals surface area contributed by atoms with Crippen molar-refractivity contribution < 1.29 is 17.9 Å². The van der Waals surface area contributed by atoms with Crippen molar-refractivity contribution in [2.75, 3.05) is 0 Å². The van der Waals surface area contributed by atoms with Gasteiger partial charge in [-0.1, -0.05) is 13.0 Å². The Kier molecular flexibility index (Phi) is 4.79. The standard InChI is InChI=1S/C13H14F3N3OS/c1-2-3-11-18-12(21-19-11)20-10-5-4-8(7-17)6-9(10)13(14,15)16/h4-6H,2-3,7,17H2,1H3. The molecule has 0 bridgehead atoms. The molecule has 4 nitrogen and oxygen atoms in total. The Hall–Kier alpha value is -1.67. The lowest BCUT2D eigenvalue weighted by Crippen LogP contribution is -2.09. The van der Waals surface area contributed by atoms with Gasteiger partial charge in [0.15, 0.2) is 0 Å². The van der Waals surface area contributed by atoms with Crippen LogP contribution in [0.4, 0.5) is 13.2 Å². The lowest BCUT2D eigenvalue weighted by Gasteiger charge is -2.13. The lowest BCUT2D eigenvalue weighted by molar-refractivity contribution is -0.138. The van der Waals surface area contributed by atoms with Crippen molar-refractivity contribution in [1.29, 1.82) is 0 Å². The molecule has 0 saturated carbocycles. The molecule has 2 rings (SSSR count). The van der Waals surface area contributed by atoms with Gasteiger partial charge in [0.25, 0.3) is 5.19 Å². The van der Waals surface area contributed by atoms with Crippen molar-refractivity contribution in [1.82, 2.24) is 9.36 Å². The second kappa shape index (κ2) is 6.40. The highest BCUT2D eigenvalue weighted by atomic mass is 32.1.